The molecule has 2 bridgehead atoms. The van der Waals surface area contributed by atoms with Crippen LogP contribution in [-0.4, -0.2) is 17.7 Å². The number of hydrogen-bond acceptors (Lipinski definition) is 2. The molecule has 15 heavy (non-hydrogen) atoms. The van der Waals surface area contributed by atoms with Crippen LogP contribution in [-0.2, 0) is 4.74 Å². The molecule has 2 aliphatic heterocycles. The van der Waals surface area contributed by atoms with E-state index < -0.39 is 0 Å². The molecule has 0 amide bonds. The lowest BCUT2D eigenvalue weighted by Gasteiger charge is -2.27. The quantitative estimate of drug-likeness (QED) is 0.714. The van der Waals surface area contributed by atoms with Crippen LogP contribution in [0.1, 0.15) is 44.9 Å². The maximum absolute atomic E-state index is 6.71. The van der Waals surface area contributed by atoms with Gasteiger partial charge in [0.25, 0.3) is 0 Å². The predicted molar refractivity (Wildman–Crippen MR) is 58.4 cm³/mol. The zero-order valence-corrected chi connectivity index (χ0v) is 9.32. The number of ether oxygens (including phenoxy) is 1. The third-order valence-electron chi connectivity index (χ3n) is 5.69. The van der Waals surface area contributed by atoms with Crippen molar-refractivity contribution in [2.75, 3.05) is 0 Å². The minimum Gasteiger partial charge on any atom is -0.375 e. The second-order valence-electron chi connectivity index (χ2n) is 6.21. The molecule has 2 heterocycles. The SMILES string of the molecule is NC1(C2CC3CCC2O3)C2CCCCC21. The highest BCUT2D eigenvalue weighted by molar-refractivity contribution is 5.22. The van der Waals surface area contributed by atoms with Gasteiger partial charge in [-0.3, -0.25) is 0 Å². The van der Waals surface area contributed by atoms with E-state index in [1.807, 2.05) is 0 Å². The van der Waals surface area contributed by atoms with Crippen molar-refractivity contribution in [1.29, 1.82) is 0 Å². The Morgan fingerprint density at radius 3 is 2.20 bits per heavy atom. The van der Waals surface area contributed by atoms with Gasteiger partial charge in [-0.25, -0.2) is 0 Å². The molecule has 84 valence electrons. The summed E-state index contributed by atoms with van der Waals surface area (Å²) >= 11 is 0. The molecule has 2 nitrogen and oxygen atoms in total. The monoisotopic (exact) mass is 207 g/mol. The van der Waals surface area contributed by atoms with Crippen LogP contribution < -0.4 is 5.73 Å². The Hall–Kier alpha value is -0.0800. The summed E-state index contributed by atoms with van der Waals surface area (Å²) in [6, 6.07) is 0. The number of fused-ring (bicyclic) bond motifs is 3. The normalized spacial score (nSPS) is 61.8. The van der Waals surface area contributed by atoms with Crippen LogP contribution in [0.25, 0.3) is 0 Å². The first-order valence-corrected chi connectivity index (χ1v) is 6.74. The maximum atomic E-state index is 6.71. The molecule has 2 N–H and O–H groups in total. The Balaban J connectivity index is 1.58. The molecule has 0 radical (unpaired) electrons. The van der Waals surface area contributed by atoms with Crippen LogP contribution in [0.15, 0.2) is 0 Å². The maximum Gasteiger partial charge on any atom is 0.0626 e. The Labute approximate surface area is 91.5 Å². The molecule has 4 rings (SSSR count). The van der Waals surface area contributed by atoms with Crippen LogP contribution in [0.5, 0.6) is 0 Å². The van der Waals surface area contributed by atoms with E-state index in [0.717, 1.165) is 11.8 Å². The van der Waals surface area contributed by atoms with E-state index in [2.05, 4.69) is 0 Å². The second-order valence-corrected chi connectivity index (χ2v) is 6.21. The molecular weight excluding hydrogens is 186 g/mol. The predicted octanol–water partition coefficient (Wildman–Crippen LogP) is 2.07. The summed E-state index contributed by atoms with van der Waals surface area (Å²) in [5.41, 5.74) is 6.91. The van der Waals surface area contributed by atoms with Gasteiger partial charge in [-0.1, -0.05) is 12.8 Å². The van der Waals surface area contributed by atoms with Gasteiger partial charge in [0.2, 0.25) is 0 Å². The van der Waals surface area contributed by atoms with E-state index in [9.17, 15) is 0 Å². The van der Waals surface area contributed by atoms with Crippen molar-refractivity contribution in [2.45, 2.75) is 62.7 Å². The summed E-state index contributed by atoms with van der Waals surface area (Å²) in [5.74, 6) is 2.43. The van der Waals surface area contributed by atoms with Crippen molar-refractivity contribution >= 4 is 0 Å². The Bertz CT molecular complexity index is 278. The van der Waals surface area contributed by atoms with E-state index in [4.69, 9.17) is 10.5 Å². The molecule has 2 saturated carbocycles. The summed E-state index contributed by atoms with van der Waals surface area (Å²) in [4.78, 5) is 0. The highest BCUT2D eigenvalue weighted by Crippen LogP contribution is 2.64. The molecule has 2 heteroatoms. The highest BCUT2D eigenvalue weighted by atomic mass is 16.5. The van der Waals surface area contributed by atoms with E-state index in [1.54, 1.807) is 0 Å². The van der Waals surface area contributed by atoms with Crippen LogP contribution in [0.2, 0.25) is 0 Å². The van der Waals surface area contributed by atoms with Crippen molar-refractivity contribution in [3.05, 3.63) is 0 Å². The topological polar surface area (TPSA) is 35.2 Å². The van der Waals surface area contributed by atoms with E-state index in [0.29, 0.717) is 18.1 Å². The van der Waals surface area contributed by atoms with Gasteiger partial charge < -0.3 is 10.5 Å². The summed E-state index contributed by atoms with van der Waals surface area (Å²) in [6.07, 6.45) is 10.6. The van der Waals surface area contributed by atoms with Gasteiger partial charge >= 0.3 is 0 Å². The van der Waals surface area contributed by atoms with Crippen molar-refractivity contribution in [3.63, 3.8) is 0 Å². The van der Waals surface area contributed by atoms with Crippen molar-refractivity contribution in [1.82, 2.24) is 0 Å². The molecule has 2 aliphatic carbocycles. The summed E-state index contributed by atoms with van der Waals surface area (Å²) in [7, 11) is 0. The lowest BCUT2D eigenvalue weighted by Crippen LogP contribution is -2.41. The first kappa shape index (κ1) is 9.00. The third kappa shape index (κ3) is 1.03. The molecule has 5 atom stereocenters. The summed E-state index contributed by atoms with van der Waals surface area (Å²) < 4.78 is 5.98. The fourth-order valence-corrected chi connectivity index (χ4v) is 4.93. The molecule has 4 aliphatic rings. The number of nitrogens with two attached hydrogens (primary N) is 1. The lowest BCUT2D eigenvalue weighted by atomic mass is 9.80. The Morgan fingerprint density at radius 1 is 0.933 bits per heavy atom. The standard InChI is InChI=1S/C13H21NO/c14-13(9-3-1-2-4-10(9)13)11-7-8-5-6-12(11)15-8/h8-12H,1-7,14H2. The molecule has 0 aromatic rings. The van der Waals surface area contributed by atoms with Gasteiger partial charge in [-0.15, -0.1) is 0 Å². The molecule has 0 aromatic heterocycles. The Kier molecular flexibility index (Phi) is 1.67. The summed E-state index contributed by atoms with van der Waals surface area (Å²) in [5, 5.41) is 0. The van der Waals surface area contributed by atoms with Crippen LogP contribution >= 0.6 is 0 Å². The van der Waals surface area contributed by atoms with E-state index in [1.165, 1.54) is 44.9 Å². The summed E-state index contributed by atoms with van der Waals surface area (Å²) in [6.45, 7) is 0. The smallest absolute Gasteiger partial charge is 0.0626 e. The van der Waals surface area contributed by atoms with E-state index in [-0.39, 0.29) is 5.54 Å². The molecule has 0 spiro atoms. The van der Waals surface area contributed by atoms with Crippen LogP contribution in [0.4, 0.5) is 0 Å². The van der Waals surface area contributed by atoms with Crippen LogP contribution in [0, 0.1) is 17.8 Å². The van der Waals surface area contributed by atoms with Gasteiger partial charge in [0.05, 0.1) is 12.2 Å². The zero-order chi connectivity index (χ0) is 10.0. The fourth-order valence-electron chi connectivity index (χ4n) is 4.93. The van der Waals surface area contributed by atoms with Crippen LogP contribution in [0.3, 0.4) is 0 Å². The molecule has 0 aromatic carbocycles. The largest absolute Gasteiger partial charge is 0.375 e. The Morgan fingerprint density at radius 2 is 1.67 bits per heavy atom. The third-order valence-corrected chi connectivity index (χ3v) is 5.69. The second kappa shape index (κ2) is 2.78. The first-order chi connectivity index (χ1) is 7.30. The minimum atomic E-state index is 0.205. The fraction of sp³-hybridized carbons (Fsp3) is 1.00. The van der Waals surface area contributed by atoms with Crippen molar-refractivity contribution < 1.29 is 4.74 Å². The average molecular weight is 207 g/mol. The number of hydrogen-bond donors (Lipinski definition) is 1. The molecule has 2 saturated heterocycles. The van der Waals surface area contributed by atoms with Gasteiger partial charge in [0.15, 0.2) is 0 Å². The minimum absolute atomic E-state index is 0.205. The average Bonchev–Trinajstić information content (AvgIpc) is 2.70. The van der Waals surface area contributed by atoms with Gasteiger partial charge in [-0.05, 0) is 43.9 Å². The first-order valence-electron chi connectivity index (χ1n) is 6.74. The molecule has 5 unspecified atom stereocenters. The zero-order valence-electron chi connectivity index (χ0n) is 9.32. The highest BCUT2D eigenvalue weighted by Gasteiger charge is 2.68. The molecule has 4 fully saturated rings. The number of rotatable bonds is 1. The van der Waals surface area contributed by atoms with E-state index >= 15 is 0 Å². The van der Waals surface area contributed by atoms with Gasteiger partial charge in [0, 0.05) is 11.5 Å². The van der Waals surface area contributed by atoms with Crippen molar-refractivity contribution in [3.8, 4) is 0 Å². The lowest BCUT2D eigenvalue weighted by molar-refractivity contribution is 0.0845. The van der Waals surface area contributed by atoms with Gasteiger partial charge in [0.1, 0.15) is 0 Å². The van der Waals surface area contributed by atoms with Gasteiger partial charge in [-0.2, -0.15) is 0 Å². The van der Waals surface area contributed by atoms with Crippen molar-refractivity contribution in [2.24, 2.45) is 23.5 Å². The molecular formula is C13H21NO.